The lowest BCUT2D eigenvalue weighted by Gasteiger charge is -2.38. The summed E-state index contributed by atoms with van der Waals surface area (Å²) < 4.78 is 2.33. The van der Waals surface area contributed by atoms with Gasteiger partial charge < -0.3 is 4.57 Å². The summed E-state index contributed by atoms with van der Waals surface area (Å²) in [7, 11) is 1.51. The predicted octanol–water partition coefficient (Wildman–Crippen LogP) is 7.28. The molecule has 0 amide bonds. The number of aromatic nitrogens is 2. The van der Waals surface area contributed by atoms with Gasteiger partial charge in [0, 0.05) is 12.4 Å². The maximum atomic E-state index is 4.38. The van der Waals surface area contributed by atoms with Gasteiger partial charge in [-0.2, -0.15) is 0 Å². The second kappa shape index (κ2) is 14.9. The molecule has 4 heteroatoms. The Bertz CT molecular complexity index is 1370. The average molecular weight is 539 g/mol. The van der Waals surface area contributed by atoms with Gasteiger partial charge in [0.15, 0.2) is 0 Å². The van der Waals surface area contributed by atoms with Crippen LogP contribution in [0, 0.1) is 0 Å². The average Bonchev–Trinajstić information content (AvgIpc) is 3.57. The van der Waals surface area contributed by atoms with E-state index in [1.54, 1.807) is 0 Å². The number of benzene rings is 4. The smallest absolute Gasteiger partial charge is 0.130 e. The van der Waals surface area contributed by atoms with E-state index in [0.717, 1.165) is 6.42 Å². The van der Waals surface area contributed by atoms with E-state index in [2.05, 4.69) is 165 Å². The Labute approximate surface area is 243 Å². The molecule has 0 aliphatic rings. The van der Waals surface area contributed by atoms with Gasteiger partial charge in [0.2, 0.25) is 0 Å². The first kappa shape index (κ1) is 28.8. The van der Waals surface area contributed by atoms with Crippen LogP contribution in [0.2, 0.25) is 5.54 Å². The first-order chi connectivity index (χ1) is 19.7. The zero-order valence-electron chi connectivity index (χ0n) is 23.9. The van der Waals surface area contributed by atoms with Gasteiger partial charge in [-0.1, -0.05) is 140 Å². The minimum atomic E-state index is -0.571. The van der Waals surface area contributed by atoms with Crippen LogP contribution >= 0.6 is 0 Å². The Hall–Kier alpha value is -4.15. The Morgan fingerprint density at radius 2 is 1.27 bits per heavy atom. The Morgan fingerprint density at radius 3 is 1.68 bits per heavy atom. The van der Waals surface area contributed by atoms with E-state index in [-0.39, 0.29) is 5.16 Å². The summed E-state index contributed by atoms with van der Waals surface area (Å²) in [6.07, 6.45) is 11.6. The highest BCUT2D eigenvalue weighted by molar-refractivity contribution is 6.43. The normalized spacial score (nSPS) is 12.2. The topological polar surface area (TPSA) is 17.8 Å². The molecule has 0 aliphatic carbocycles. The molecule has 200 valence electrons. The molecule has 0 spiro atoms. The SMILES string of the molecule is BC=C(c1ccccc1)c1ccccc1.CC=CCC(C)[SiH2]C(c1ccccc1)(c1ccccc1)n1ccnc1. The molecule has 1 atom stereocenters. The zero-order chi connectivity index (χ0) is 28.0. The van der Waals surface area contributed by atoms with Crippen molar-refractivity contribution in [2.75, 3.05) is 0 Å². The molecule has 2 nitrogen and oxygen atoms in total. The van der Waals surface area contributed by atoms with E-state index in [1.165, 1.54) is 27.8 Å². The largest absolute Gasteiger partial charge is 0.327 e. The summed E-state index contributed by atoms with van der Waals surface area (Å²) in [4.78, 5) is 4.38. The first-order valence-corrected chi connectivity index (χ1v) is 15.7. The molecule has 5 aromatic rings. The second-order valence-corrected chi connectivity index (χ2v) is 12.9. The third-order valence-electron chi connectivity index (χ3n) is 7.32. The Kier molecular flexibility index (Phi) is 10.7. The van der Waals surface area contributed by atoms with Crippen molar-refractivity contribution in [2.24, 2.45) is 0 Å². The fourth-order valence-electron chi connectivity index (χ4n) is 5.41. The second-order valence-electron chi connectivity index (χ2n) is 10.1. The summed E-state index contributed by atoms with van der Waals surface area (Å²) in [6, 6.07) is 42.8. The third-order valence-corrected chi connectivity index (χ3v) is 10.1. The van der Waals surface area contributed by atoms with Crippen molar-refractivity contribution in [3.8, 4) is 0 Å². The van der Waals surface area contributed by atoms with Crippen molar-refractivity contribution in [1.82, 2.24) is 9.55 Å². The van der Waals surface area contributed by atoms with Crippen LogP contribution in [0.4, 0.5) is 0 Å². The van der Waals surface area contributed by atoms with Gasteiger partial charge in [-0.05, 0) is 46.7 Å². The van der Waals surface area contributed by atoms with E-state index < -0.39 is 9.52 Å². The Morgan fingerprint density at radius 1 is 0.800 bits per heavy atom. The molecule has 1 heterocycles. The first-order valence-electron chi connectivity index (χ1n) is 14.2. The minimum Gasteiger partial charge on any atom is -0.327 e. The molecule has 4 aromatic carbocycles. The monoisotopic (exact) mass is 538 g/mol. The van der Waals surface area contributed by atoms with E-state index in [4.69, 9.17) is 0 Å². The number of allylic oxidation sites excluding steroid dienone is 2. The molecule has 0 saturated carbocycles. The van der Waals surface area contributed by atoms with E-state index in [0.29, 0.717) is 5.54 Å². The standard InChI is InChI=1S/C22H26N2Si.C14H13B/c1-3-4-11-19(2)25-22(24-17-16-23-18-24,20-12-7-5-8-13-20)21-14-9-6-10-15-21;15-11-14(12-7-3-1-4-8-12)13-9-5-2-6-10-13/h3-10,12-19H,11,25H2,1-2H3;1-11H,15H2. The van der Waals surface area contributed by atoms with Crippen LogP contribution in [0.25, 0.3) is 5.57 Å². The molecule has 0 aliphatic heterocycles. The van der Waals surface area contributed by atoms with E-state index >= 15 is 0 Å². The number of rotatable bonds is 9. The minimum absolute atomic E-state index is 0.111. The van der Waals surface area contributed by atoms with Crippen LogP contribution in [-0.4, -0.2) is 26.9 Å². The van der Waals surface area contributed by atoms with Gasteiger partial charge in [0.05, 0.1) is 21.0 Å². The molecule has 0 radical (unpaired) electrons. The maximum Gasteiger partial charge on any atom is 0.130 e. The van der Waals surface area contributed by atoms with Crippen molar-refractivity contribution in [2.45, 2.75) is 31.0 Å². The lowest BCUT2D eigenvalue weighted by Crippen LogP contribution is -2.43. The van der Waals surface area contributed by atoms with Gasteiger partial charge in [-0.15, -0.1) is 5.98 Å². The quantitative estimate of drug-likeness (QED) is 0.142. The summed E-state index contributed by atoms with van der Waals surface area (Å²) in [6.45, 7) is 4.50. The van der Waals surface area contributed by atoms with Gasteiger partial charge in [-0.3, -0.25) is 0 Å². The molecule has 0 N–H and O–H groups in total. The molecular weight excluding hydrogens is 499 g/mol. The third kappa shape index (κ3) is 7.08. The fourth-order valence-corrected chi connectivity index (χ4v) is 8.12. The number of hydrogen-bond acceptors (Lipinski definition) is 1. The van der Waals surface area contributed by atoms with Gasteiger partial charge in [0.1, 0.15) is 7.85 Å². The van der Waals surface area contributed by atoms with Crippen molar-refractivity contribution < 1.29 is 0 Å². The molecule has 0 saturated heterocycles. The van der Waals surface area contributed by atoms with Crippen molar-refractivity contribution in [3.05, 3.63) is 180 Å². The summed E-state index contributed by atoms with van der Waals surface area (Å²) in [5.74, 6) is 2.16. The maximum absolute atomic E-state index is 4.38. The van der Waals surface area contributed by atoms with Crippen molar-refractivity contribution >= 4 is 22.9 Å². The highest BCUT2D eigenvalue weighted by Gasteiger charge is 2.37. The lowest BCUT2D eigenvalue weighted by molar-refractivity contribution is 0.582. The van der Waals surface area contributed by atoms with Crippen LogP contribution in [0.5, 0.6) is 0 Å². The molecule has 40 heavy (non-hydrogen) atoms. The van der Waals surface area contributed by atoms with Crippen LogP contribution in [0.15, 0.2) is 158 Å². The number of nitrogens with zero attached hydrogens (tertiary/aromatic N) is 2. The summed E-state index contributed by atoms with van der Waals surface area (Å²) in [5.41, 5.74) is 7.23. The van der Waals surface area contributed by atoms with Crippen LogP contribution in [0.3, 0.4) is 0 Å². The molecular formula is C36H39BN2Si. The molecule has 0 fully saturated rings. The Balaban J connectivity index is 0.000000210. The van der Waals surface area contributed by atoms with Gasteiger partial charge >= 0.3 is 0 Å². The number of hydrogen-bond donors (Lipinski definition) is 0. The van der Waals surface area contributed by atoms with Crippen LogP contribution < -0.4 is 0 Å². The van der Waals surface area contributed by atoms with Crippen LogP contribution in [0.1, 0.15) is 42.5 Å². The van der Waals surface area contributed by atoms with Gasteiger partial charge in [-0.25, -0.2) is 4.98 Å². The molecule has 0 bridgehead atoms. The van der Waals surface area contributed by atoms with Crippen molar-refractivity contribution in [3.63, 3.8) is 0 Å². The molecule has 1 aromatic heterocycles. The van der Waals surface area contributed by atoms with E-state index in [1.807, 2.05) is 24.7 Å². The van der Waals surface area contributed by atoms with Crippen LogP contribution in [-0.2, 0) is 5.16 Å². The van der Waals surface area contributed by atoms with E-state index in [9.17, 15) is 0 Å². The highest BCUT2D eigenvalue weighted by atomic mass is 28.2. The van der Waals surface area contributed by atoms with Crippen molar-refractivity contribution in [1.29, 1.82) is 0 Å². The zero-order valence-corrected chi connectivity index (χ0v) is 25.3. The predicted molar refractivity (Wildman–Crippen MR) is 177 cm³/mol. The number of imidazole rings is 1. The summed E-state index contributed by atoms with van der Waals surface area (Å²) in [5, 5.41) is -0.111. The molecule has 5 rings (SSSR count). The lowest BCUT2D eigenvalue weighted by atomic mass is 9.92. The fraction of sp³-hybridized carbons (Fsp3) is 0.139. The highest BCUT2D eigenvalue weighted by Crippen LogP contribution is 2.36. The molecule has 1 unspecified atom stereocenters. The summed E-state index contributed by atoms with van der Waals surface area (Å²) >= 11 is 0. The van der Waals surface area contributed by atoms with Gasteiger partial charge in [0.25, 0.3) is 0 Å².